The highest BCUT2D eigenvalue weighted by Gasteiger charge is 2.30. The predicted octanol–water partition coefficient (Wildman–Crippen LogP) is 3.69. The summed E-state index contributed by atoms with van der Waals surface area (Å²) in [7, 11) is -3.66. The molecular weight excluding hydrogens is 433 g/mol. The fraction of sp³-hybridized carbons (Fsp3) is 0.381. The molecule has 0 unspecified atom stereocenters. The molecule has 0 saturated carbocycles. The molecule has 1 aliphatic rings. The van der Waals surface area contributed by atoms with Crippen molar-refractivity contribution >= 4 is 15.9 Å². The number of piperidine rings is 1. The molecule has 0 aliphatic carbocycles. The molecule has 1 N–H and O–H groups in total. The van der Waals surface area contributed by atoms with Crippen LogP contribution in [0.4, 0.5) is 13.2 Å². The fourth-order valence-electron chi connectivity index (χ4n) is 3.25. The summed E-state index contributed by atoms with van der Waals surface area (Å²) in [6.07, 6.45) is -1.85. The summed E-state index contributed by atoms with van der Waals surface area (Å²) in [6, 6.07) is 10.3. The van der Waals surface area contributed by atoms with Crippen LogP contribution in [0, 0.1) is 0 Å². The maximum Gasteiger partial charge on any atom is 0.416 e. The molecule has 1 fully saturated rings. The number of ether oxygens (including phenoxy) is 1. The zero-order valence-electron chi connectivity index (χ0n) is 16.7. The summed E-state index contributed by atoms with van der Waals surface area (Å²) in [5.41, 5.74) is -0.641. The highest BCUT2D eigenvalue weighted by Crippen LogP contribution is 2.31. The number of sulfonamides is 1. The molecule has 0 atom stereocenters. The Morgan fingerprint density at radius 1 is 1.03 bits per heavy atom. The van der Waals surface area contributed by atoms with Gasteiger partial charge in [0.25, 0.3) is 5.91 Å². The highest BCUT2D eigenvalue weighted by molar-refractivity contribution is 7.89. The molecule has 1 amide bonds. The molecule has 0 aromatic heterocycles. The number of carbonyl (C=O) groups is 1. The van der Waals surface area contributed by atoms with Crippen molar-refractivity contribution in [1.29, 1.82) is 0 Å². The number of nitrogens with zero attached hydrogens (tertiary/aromatic N) is 1. The molecule has 6 nitrogen and oxygen atoms in total. The number of hydrogen-bond acceptors (Lipinski definition) is 4. The first-order valence-corrected chi connectivity index (χ1v) is 11.3. The molecule has 0 bridgehead atoms. The van der Waals surface area contributed by atoms with Crippen LogP contribution in [0.3, 0.4) is 0 Å². The molecule has 2 aromatic rings. The van der Waals surface area contributed by atoms with Gasteiger partial charge < -0.3 is 10.1 Å². The van der Waals surface area contributed by atoms with Gasteiger partial charge in [0.05, 0.1) is 17.0 Å². The van der Waals surface area contributed by atoms with Crippen molar-refractivity contribution < 1.29 is 31.1 Å². The predicted molar refractivity (Wildman–Crippen MR) is 108 cm³/mol. The molecule has 0 radical (unpaired) electrons. The summed E-state index contributed by atoms with van der Waals surface area (Å²) in [5.74, 6) is -0.456. The minimum Gasteiger partial charge on any atom is -0.492 e. The second-order valence-electron chi connectivity index (χ2n) is 7.12. The summed E-state index contributed by atoms with van der Waals surface area (Å²) in [5, 5.41) is 2.58. The van der Waals surface area contributed by atoms with Gasteiger partial charge in [0, 0.05) is 18.7 Å². The zero-order chi connectivity index (χ0) is 22.5. The number of hydrogen-bond donors (Lipinski definition) is 1. The Morgan fingerprint density at radius 2 is 1.74 bits per heavy atom. The molecular formula is C21H23F3N2O4S. The van der Waals surface area contributed by atoms with E-state index >= 15 is 0 Å². The third-order valence-electron chi connectivity index (χ3n) is 4.87. The van der Waals surface area contributed by atoms with Crippen molar-refractivity contribution in [1.82, 2.24) is 9.62 Å². The van der Waals surface area contributed by atoms with Crippen LogP contribution in [0.2, 0.25) is 0 Å². The molecule has 3 rings (SSSR count). The molecule has 2 aromatic carbocycles. The van der Waals surface area contributed by atoms with Crippen LogP contribution < -0.4 is 10.1 Å². The molecule has 0 spiro atoms. The Bertz CT molecular complexity index is 1020. The summed E-state index contributed by atoms with van der Waals surface area (Å²) in [4.78, 5) is 12.4. The largest absolute Gasteiger partial charge is 0.492 e. The minimum atomic E-state index is -4.47. The number of halogens is 3. The first kappa shape index (κ1) is 23.1. The Kier molecular flexibility index (Phi) is 7.22. The van der Waals surface area contributed by atoms with E-state index in [9.17, 15) is 26.4 Å². The van der Waals surface area contributed by atoms with Gasteiger partial charge in [0.15, 0.2) is 0 Å². The summed E-state index contributed by atoms with van der Waals surface area (Å²) in [6.45, 7) is 0.925. The maximum absolute atomic E-state index is 12.8. The molecule has 31 heavy (non-hydrogen) atoms. The van der Waals surface area contributed by atoms with E-state index in [1.807, 2.05) is 0 Å². The van der Waals surface area contributed by atoms with E-state index in [1.165, 1.54) is 40.7 Å². The molecule has 1 saturated heterocycles. The monoisotopic (exact) mass is 456 g/mol. The van der Waals surface area contributed by atoms with Gasteiger partial charge >= 0.3 is 6.18 Å². The lowest BCUT2D eigenvalue weighted by Gasteiger charge is -2.26. The third-order valence-corrected chi connectivity index (χ3v) is 6.76. The molecule has 10 heteroatoms. The summed E-state index contributed by atoms with van der Waals surface area (Å²) >= 11 is 0. The Hall–Kier alpha value is -2.59. The number of carbonyl (C=O) groups excluding carboxylic acids is 1. The first-order valence-electron chi connectivity index (χ1n) is 9.86. The van der Waals surface area contributed by atoms with E-state index in [1.54, 1.807) is 0 Å². The van der Waals surface area contributed by atoms with Crippen molar-refractivity contribution in [3.05, 3.63) is 59.7 Å². The normalized spacial score (nSPS) is 15.5. The van der Waals surface area contributed by atoms with E-state index < -0.39 is 27.7 Å². The van der Waals surface area contributed by atoms with Gasteiger partial charge in [-0.2, -0.15) is 17.5 Å². The smallest absolute Gasteiger partial charge is 0.416 e. The van der Waals surface area contributed by atoms with E-state index in [0.717, 1.165) is 31.4 Å². The van der Waals surface area contributed by atoms with Crippen molar-refractivity contribution in [3.8, 4) is 5.75 Å². The lowest BCUT2D eigenvalue weighted by atomic mass is 10.2. The fourth-order valence-corrected chi connectivity index (χ4v) is 4.81. The lowest BCUT2D eigenvalue weighted by Crippen LogP contribution is -2.35. The zero-order valence-corrected chi connectivity index (χ0v) is 17.5. The van der Waals surface area contributed by atoms with Crippen LogP contribution in [-0.2, 0) is 16.2 Å². The van der Waals surface area contributed by atoms with Crippen molar-refractivity contribution in [2.75, 3.05) is 26.2 Å². The number of rotatable bonds is 7. The second kappa shape index (κ2) is 9.69. The van der Waals surface area contributed by atoms with Gasteiger partial charge in [-0.25, -0.2) is 8.42 Å². The van der Waals surface area contributed by atoms with Crippen LogP contribution in [0.1, 0.15) is 35.2 Å². The average Bonchev–Trinajstić information content (AvgIpc) is 2.77. The first-order chi connectivity index (χ1) is 14.7. The van der Waals surface area contributed by atoms with E-state index in [0.29, 0.717) is 13.1 Å². The van der Waals surface area contributed by atoms with Crippen LogP contribution in [-0.4, -0.2) is 44.9 Å². The molecule has 168 valence electrons. The average molecular weight is 456 g/mol. The SMILES string of the molecule is O=C(NCCOc1cccc(C(F)(F)F)c1)c1cccc(S(=O)(=O)N2CCCCC2)c1. The van der Waals surface area contributed by atoms with E-state index in [4.69, 9.17) is 4.74 Å². The lowest BCUT2D eigenvalue weighted by molar-refractivity contribution is -0.137. The van der Waals surface area contributed by atoms with Gasteiger partial charge in [0.1, 0.15) is 12.4 Å². The van der Waals surface area contributed by atoms with Crippen molar-refractivity contribution in [2.24, 2.45) is 0 Å². The van der Waals surface area contributed by atoms with Crippen LogP contribution in [0.25, 0.3) is 0 Å². The number of amides is 1. The van der Waals surface area contributed by atoms with Crippen LogP contribution >= 0.6 is 0 Å². The van der Waals surface area contributed by atoms with Crippen molar-refractivity contribution in [3.63, 3.8) is 0 Å². The van der Waals surface area contributed by atoms with Gasteiger partial charge in [0.2, 0.25) is 10.0 Å². The minimum absolute atomic E-state index is 0.0399. The third kappa shape index (κ3) is 5.98. The Balaban J connectivity index is 1.56. The Morgan fingerprint density at radius 3 is 2.45 bits per heavy atom. The summed E-state index contributed by atoms with van der Waals surface area (Å²) < 4.78 is 70.4. The number of nitrogens with one attached hydrogen (secondary N) is 1. The number of alkyl halides is 3. The van der Waals surface area contributed by atoms with Gasteiger partial charge in [-0.15, -0.1) is 0 Å². The van der Waals surface area contributed by atoms with E-state index in [-0.39, 0.29) is 29.4 Å². The van der Waals surface area contributed by atoms with Crippen LogP contribution in [0.5, 0.6) is 5.75 Å². The van der Waals surface area contributed by atoms with Gasteiger partial charge in [-0.05, 0) is 49.2 Å². The molecule has 1 aliphatic heterocycles. The van der Waals surface area contributed by atoms with Gasteiger partial charge in [-0.1, -0.05) is 18.6 Å². The highest BCUT2D eigenvalue weighted by atomic mass is 32.2. The Labute approximate surface area is 179 Å². The quantitative estimate of drug-likeness (QED) is 0.645. The maximum atomic E-state index is 12.8. The molecule has 1 heterocycles. The van der Waals surface area contributed by atoms with Crippen LogP contribution in [0.15, 0.2) is 53.4 Å². The standard InChI is InChI=1S/C21H23F3N2O4S/c22-21(23,24)17-7-5-8-18(15-17)30-13-10-25-20(27)16-6-4-9-19(14-16)31(28,29)26-11-2-1-3-12-26/h4-9,14-15H,1-3,10-13H2,(H,25,27). The van der Waals surface area contributed by atoms with Gasteiger partial charge in [-0.3, -0.25) is 4.79 Å². The second-order valence-corrected chi connectivity index (χ2v) is 9.06. The topological polar surface area (TPSA) is 75.7 Å². The van der Waals surface area contributed by atoms with E-state index in [2.05, 4.69) is 5.32 Å². The number of benzene rings is 2. The van der Waals surface area contributed by atoms with Crippen molar-refractivity contribution in [2.45, 2.75) is 30.3 Å².